The predicted octanol–water partition coefficient (Wildman–Crippen LogP) is 4.82. The van der Waals surface area contributed by atoms with Crippen LogP contribution in [0.1, 0.15) is 43.4 Å². The van der Waals surface area contributed by atoms with Crippen LogP contribution in [-0.4, -0.2) is 81.6 Å². The van der Waals surface area contributed by atoms with Crippen molar-refractivity contribution in [2.24, 2.45) is 0 Å². The number of ether oxygens (including phenoxy) is 1. The van der Waals surface area contributed by atoms with Gasteiger partial charge in [-0.25, -0.2) is 8.78 Å². The van der Waals surface area contributed by atoms with Crippen LogP contribution in [0.15, 0.2) is 24.3 Å². The normalized spacial score (nSPS) is 27.8. The van der Waals surface area contributed by atoms with Crippen molar-refractivity contribution in [2.75, 3.05) is 37.7 Å². The van der Waals surface area contributed by atoms with Crippen molar-refractivity contribution in [3.8, 4) is 17.1 Å². The van der Waals surface area contributed by atoms with E-state index in [1.807, 2.05) is 38.1 Å². The predicted molar refractivity (Wildman–Crippen MR) is 155 cm³/mol. The van der Waals surface area contributed by atoms with Gasteiger partial charge in [-0.1, -0.05) is 12.1 Å². The van der Waals surface area contributed by atoms with Gasteiger partial charge in [0.15, 0.2) is 5.82 Å². The molecule has 0 radical (unpaired) electrons. The Labute approximate surface area is 237 Å². The molecule has 0 unspecified atom stereocenters. The van der Waals surface area contributed by atoms with Crippen molar-refractivity contribution in [3.05, 3.63) is 41.3 Å². The summed E-state index contributed by atoms with van der Waals surface area (Å²) >= 11 is 0. The molecule has 10 heteroatoms. The van der Waals surface area contributed by atoms with Gasteiger partial charge in [-0.05, 0) is 69.3 Å². The maximum Gasteiger partial charge on any atom is 0.319 e. The van der Waals surface area contributed by atoms with Crippen LogP contribution in [0.5, 0.6) is 6.01 Å². The highest BCUT2D eigenvalue weighted by atomic mass is 19.1. The third kappa shape index (κ3) is 4.01. The van der Waals surface area contributed by atoms with E-state index < -0.39 is 12.0 Å². The van der Waals surface area contributed by atoms with E-state index in [1.165, 1.54) is 0 Å². The number of benzene rings is 2. The molecule has 2 N–H and O–H groups in total. The molecule has 214 valence electrons. The summed E-state index contributed by atoms with van der Waals surface area (Å²) in [6, 6.07) is 8.71. The highest BCUT2D eigenvalue weighted by molar-refractivity contribution is 6.01. The summed E-state index contributed by atoms with van der Waals surface area (Å²) in [5.41, 5.74) is 3.88. The van der Waals surface area contributed by atoms with E-state index in [2.05, 4.69) is 25.3 Å². The Morgan fingerprint density at radius 3 is 2.73 bits per heavy atom. The molecular formula is C31H35F2N7O. The van der Waals surface area contributed by atoms with Crippen molar-refractivity contribution < 1.29 is 13.5 Å². The maximum absolute atomic E-state index is 16.7. The largest absolute Gasteiger partial charge is 0.461 e. The first-order chi connectivity index (χ1) is 19.9. The minimum atomic E-state index is -0.847. The van der Waals surface area contributed by atoms with Gasteiger partial charge in [-0.15, -0.1) is 0 Å². The smallest absolute Gasteiger partial charge is 0.319 e. The number of rotatable bonds is 5. The maximum atomic E-state index is 16.7. The van der Waals surface area contributed by atoms with Crippen LogP contribution in [0.25, 0.3) is 32.9 Å². The summed E-state index contributed by atoms with van der Waals surface area (Å²) in [7, 11) is 0. The molecule has 0 spiro atoms. The van der Waals surface area contributed by atoms with E-state index in [-0.39, 0.29) is 17.1 Å². The first-order valence-corrected chi connectivity index (χ1v) is 14.9. The monoisotopic (exact) mass is 559 g/mol. The molecule has 0 amide bonds. The van der Waals surface area contributed by atoms with Crippen LogP contribution in [0.3, 0.4) is 0 Å². The standard InChI is InChI=1S/C31H35F2N7O/c1-17-4-9-24-26(18(2)37-38-24)25(17)22-7-8-23-28(27(22)33)35-30(36-29(23)39-14-20-5-6-21(15-39)34-20)41-16-31-10-3-11-40(31)13-19(32)12-31/h4,7-9,19-21,34H,3,5-6,10-16H2,1-2H3,(H,37,38)/t19-,20-,21+,31+/m1/s1. The van der Waals surface area contributed by atoms with Gasteiger partial charge < -0.3 is 15.0 Å². The van der Waals surface area contributed by atoms with Crippen molar-refractivity contribution in [2.45, 2.75) is 69.7 Å². The number of aryl methyl sites for hydroxylation is 2. The zero-order chi connectivity index (χ0) is 27.9. The number of hydrogen-bond acceptors (Lipinski definition) is 7. The SMILES string of the molecule is Cc1ccc2[nH]nc(C)c2c1-c1ccc2c(N3C[C@H]4CC[C@@H](C3)N4)nc(OC[C@@]34CCCN3C[C@H](F)C4)nc2c1F. The van der Waals surface area contributed by atoms with Crippen molar-refractivity contribution in [1.82, 2.24) is 30.4 Å². The summed E-state index contributed by atoms with van der Waals surface area (Å²) in [6.45, 7) is 7.17. The Morgan fingerprint density at radius 1 is 1.07 bits per heavy atom. The van der Waals surface area contributed by atoms with Gasteiger partial charge in [0.05, 0.1) is 16.7 Å². The molecule has 4 aliphatic rings. The zero-order valence-corrected chi connectivity index (χ0v) is 23.5. The molecule has 41 heavy (non-hydrogen) atoms. The number of anilines is 1. The molecule has 4 atom stereocenters. The average molecular weight is 560 g/mol. The first-order valence-electron chi connectivity index (χ1n) is 14.9. The number of hydrogen-bond donors (Lipinski definition) is 2. The molecule has 2 aromatic carbocycles. The molecule has 4 saturated heterocycles. The third-order valence-electron chi connectivity index (χ3n) is 9.90. The number of aromatic nitrogens is 4. The first kappa shape index (κ1) is 25.3. The van der Waals surface area contributed by atoms with Crippen LogP contribution >= 0.6 is 0 Å². The Bertz CT molecular complexity index is 1660. The molecule has 0 saturated carbocycles. The molecule has 8 rings (SSSR count). The van der Waals surface area contributed by atoms with Gasteiger partial charge >= 0.3 is 6.01 Å². The van der Waals surface area contributed by atoms with Crippen LogP contribution in [0.2, 0.25) is 0 Å². The Kier molecular flexibility index (Phi) is 5.76. The average Bonchev–Trinajstić information content (AvgIpc) is 3.70. The van der Waals surface area contributed by atoms with E-state index in [1.54, 1.807) is 0 Å². The number of H-pyrrole nitrogens is 1. The summed E-state index contributed by atoms with van der Waals surface area (Å²) in [5.74, 6) is 0.314. The molecule has 6 heterocycles. The van der Waals surface area contributed by atoms with E-state index >= 15 is 4.39 Å². The number of piperazine rings is 1. The molecule has 2 bridgehead atoms. The lowest BCUT2D eigenvalue weighted by Gasteiger charge is -2.34. The molecule has 4 aliphatic heterocycles. The molecule has 4 aromatic rings. The Balaban J connectivity index is 1.25. The molecule has 0 aliphatic carbocycles. The van der Waals surface area contributed by atoms with Crippen LogP contribution in [-0.2, 0) is 0 Å². The van der Waals surface area contributed by atoms with Gasteiger partial charge in [0.2, 0.25) is 0 Å². The van der Waals surface area contributed by atoms with E-state index in [4.69, 9.17) is 14.7 Å². The fourth-order valence-electron chi connectivity index (χ4n) is 7.96. The lowest BCUT2D eigenvalue weighted by atomic mass is 9.94. The van der Waals surface area contributed by atoms with Gasteiger partial charge in [-0.2, -0.15) is 15.1 Å². The lowest BCUT2D eigenvalue weighted by Crippen LogP contribution is -2.51. The Morgan fingerprint density at radius 2 is 1.90 bits per heavy atom. The number of aromatic amines is 1. The minimum Gasteiger partial charge on any atom is -0.461 e. The molecule has 2 aromatic heterocycles. The third-order valence-corrected chi connectivity index (χ3v) is 9.90. The Hall–Kier alpha value is -3.37. The minimum absolute atomic E-state index is 0.160. The molecule has 4 fully saturated rings. The zero-order valence-electron chi connectivity index (χ0n) is 23.5. The second kappa shape index (κ2) is 9.32. The highest BCUT2D eigenvalue weighted by Gasteiger charge is 2.49. The van der Waals surface area contributed by atoms with Crippen molar-refractivity contribution in [1.29, 1.82) is 0 Å². The summed E-state index contributed by atoms with van der Waals surface area (Å²) in [5, 5.41) is 12.7. The summed E-state index contributed by atoms with van der Waals surface area (Å²) in [4.78, 5) is 14.1. The van der Waals surface area contributed by atoms with E-state index in [0.717, 1.165) is 73.0 Å². The van der Waals surface area contributed by atoms with Gasteiger partial charge in [0, 0.05) is 54.5 Å². The quantitative estimate of drug-likeness (QED) is 0.363. The topological polar surface area (TPSA) is 82.2 Å². The summed E-state index contributed by atoms with van der Waals surface area (Å²) in [6.07, 6.45) is 3.78. The summed E-state index contributed by atoms with van der Waals surface area (Å²) < 4.78 is 37.5. The van der Waals surface area contributed by atoms with Gasteiger partial charge in [-0.3, -0.25) is 10.00 Å². The second-order valence-corrected chi connectivity index (χ2v) is 12.5. The number of nitrogens with zero attached hydrogens (tertiary/aromatic N) is 5. The lowest BCUT2D eigenvalue weighted by molar-refractivity contribution is 0.107. The molecule has 8 nitrogen and oxygen atoms in total. The molecular weight excluding hydrogens is 524 g/mol. The van der Waals surface area contributed by atoms with Crippen molar-refractivity contribution in [3.63, 3.8) is 0 Å². The van der Waals surface area contributed by atoms with Crippen LogP contribution in [0, 0.1) is 19.7 Å². The van der Waals surface area contributed by atoms with E-state index in [9.17, 15) is 4.39 Å². The number of nitrogens with one attached hydrogen (secondary N) is 2. The van der Waals surface area contributed by atoms with Crippen LogP contribution in [0.4, 0.5) is 14.6 Å². The van der Waals surface area contributed by atoms with Gasteiger partial charge in [0.25, 0.3) is 0 Å². The number of fused-ring (bicyclic) bond motifs is 5. The van der Waals surface area contributed by atoms with E-state index in [0.29, 0.717) is 48.4 Å². The number of halogens is 2. The fourth-order valence-corrected chi connectivity index (χ4v) is 7.96. The highest BCUT2D eigenvalue weighted by Crippen LogP contribution is 2.42. The second-order valence-electron chi connectivity index (χ2n) is 12.5. The van der Waals surface area contributed by atoms with Crippen LogP contribution < -0.4 is 15.0 Å². The number of alkyl halides is 1. The fraction of sp³-hybridized carbons (Fsp3) is 0.516. The van der Waals surface area contributed by atoms with Crippen molar-refractivity contribution >= 4 is 27.6 Å². The van der Waals surface area contributed by atoms with Gasteiger partial charge in [0.1, 0.15) is 24.1 Å².